The molecule has 0 spiro atoms. The number of pyridine rings is 3. The first-order valence-electron chi connectivity index (χ1n) is 36.8. The minimum absolute atomic E-state index is 0.125. The minimum atomic E-state index is -4.55. The van der Waals surface area contributed by atoms with Crippen LogP contribution in [0, 0.1) is 0 Å². The third-order valence-corrected chi connectivity index (χ3v) is 20.5. The first-order chi connectivity index (χ1) is 56.7. The number of hydrogen-bond acceptors (Lipinski definition) is 19. The van der Waals surface area contributed by atoms with E-state index in [9.17, 15) is 67.1 Å². The van der Waals surface area contributed by atoms with Crippen LogP contribution in [0.3, 0.4) is 0 Å². The molecule has 0 N–H and O–H groups in total. The van der Waals surface area contributed by atoms with Crippen LogP contribution in [-0.2, 0) is 85.2 Å². The fourth-order valence-electron chi connectivity index (χ4n) is 14.3. The molecule has 3 fully saturated rings. The van der Waals surface area contributed by atoms with Crippen molar-refractivity contribution in [1.82, 2.24) is 101 Å². The molecule has 15 heterocycles. The number of ether oxygens (including phenoxy) is 1. The number of hydrogen-bond donors (Lipinski definition) is 0. The molecule has 12 aromatic heterocycles. The molecule has 0 atom stereocenters. The van der Waals surface area contributed by atoms with E-state index < -0.39 is 60.8 Å². The van der Waals surface area contributed by atoms with Crippen molar-refractivity contribution in [2.24, 2.45) is 42.3 Å². The van der Waals surface area contributed by atoms with E-state index in [4.69, 9.17) is 14.7 Å². The number of fused-ring (bicyclic) bond motifs is 3. The van der Waals surface area contributed by atoms with Crippen molar-refractivity contribution >= 4 is 50.9 Å². The molecule has 0 radical (unpaired) electrons. The second-order valence-corrected chi connectivity index (χ2v) is 28.7. The van der Waals surface area contributed by atoms with Gasteiger partial charge in [-0.25, -0.2) is 87.4 Å². The molecule has 0 saturated carbocycles. The fraction of sp³-hybridized carbons (Fsp3) is 0.278. The lowest BCUT2D eigenvalue weighted by atomic mass is 10.1. The van der Waals surface area contributed by atoms with Crippen molar-refractivity contribution < 1.29 is 57.4 Å². The maximum atomic E-state index is 13.5. The third kappa shape index (κ3) is 15.6. The Kier molecular flexibility index (Phi) is 20.4. The summed E-state index contributed by atoms with van der Waals surface area (Å²) in [6.45, 7) is 2.71. The lowest BCUT2D eigenvalue weighted by Crippen LogP contribution is -2.56. The summed E-state index contributed by atoms with van der Waals surface area (Å²) < 4.78 is 177. The Bertz CT molecular complexity index is 6530. The Balaban J connectivity index is 0.000000133. The second-order valence-electron chi connectivity index (χ2n) is 28.7. The molecule has 40 heteroatoms. The van der Waals surface area contributed by atoms with Crippen molar-refractivity contribution in [3.05, 3.63) is 230 Å². The summed E-state index contributed by atoms with van der Waals surface area (Å²) in [5.41, 5.74) is 4.61. The van der Waals surface area contributed by atoms with E-state index in [2.05, 4.69) is 54.7 Å². The Labute approximate surface area is 664 Å². The van der Waals surface area contributed by atoms with Gasteiger partial charge in [0.15, 0.2) is 51.5 Å². The van der Waals surface area contributed by atoms with Gasteiger partial charge in [-0.2, -0.15) is 39.5 Å². The van der Waals surface area contributed by atoms with Crippen LogP contribution in [0.5, 0.6) is 0 Å². The van der Waals surface area contributed by atoms with Crippen LogP contribution in [0.25, 0.3) is 102 Å². The largest absolute Gasteiger partial charge is 0.434 e. The first-order valence-corrected chi connectivity index (χ1v) is 36.8. The molecule has 612 valence electrons. The molecule has 3 aromatic carbocycles. The van der Waals surface area contributed by atoms with E-state index in [1.807, 2.05) is 17.0 Å². The molecule has 3 aliphatic rings. The van der Waals surface area contributed by atoms with Crippen LogP contribution >= 0.6 is 0 Å². The number of rotatable bonds is 15. The van der Waals surface area contributed by atoms with Crippen LogP contribution in [0.2, 0.25) is 0 Å². The Hall–Kier alpha value is -13.7. The number of anilines is 3. The molecular weight excluding hydrogens is 1580 g/mol. The zero-order valence-electron chi connectivity index (χ0n) is 63.8. The summed E-state index contributed by atoms with van der Waals surface area (Å²) in [7, 11) is 9.39. The summed E-state index contributed by atoms with van der Waals surface area (Å²) in [5.74, 6) is 0.463. The molecule has 0 amide bonds. The van der Waals surface area contributed by atoms with E-state index in [0.717, 1.165) is 41.1 Å². The van der Waals surface area contributed by atoms with Gasteiger partial charge in [0, 0.05) is 109 Å². The standard InChI is InChI=1S/C27H25F3N8O2.C26H21F5N8O.C26H22F4N8O/c1-35-16-21(27(28,29)30)33-23(35)18-7-5-17(6-8-18)15-38-25-20(36(2)26(38)39)14-32-22(34-25)19-4-3-9-31-24(19)37-10-12-40-13-11-37;1-36-12-19(26(29,30)31)34-21(36)16-7-5-15(6-8-16)11-39-23-18(37(2)24(39)40)10-33-20(35-23)17-4-3-9-32-22(17)38-13-25(27,28)14-38;1-35-14-20(26(28,29)30)33-22(35)16-7-5-15(6-8-16)11-38-24-19(36(2)25(38)39)10-32-21(34-24)18-4-3-9-31-23(18)37-12-17(27)13-37/h3-9,14,16H,10-13,15H2,1-2H3;3-10,12H,11,13-14H2,1-2H3;3-10,14,17H,11-13H2,1-2H3. The number of imidazole rings is 6. The zero-order valence-corrected chi connectivity index (χ0v) is 63.8. The summed E-state index contributed by atoms with van der Waals surface area (Å²) in [4.78, 5) is 96.7. The highest BCUT2D eigenvalue weighted by molar-refractivity contribution is 5.81. The van der Waals surface area contributed by atoms with Gasteiger partial charge in [0.2, 0.25) is 0 Å². The number of benzene rings is 3. The van der Waals surface area contributed by atoms with Gasteiger partial charge < -0.3 is 33.1 Å². The maximum absolute atomic E-state index is 13.5. The molecule has 15 aromatic rings. The first kappa shape index (κ1) is 79.2. The number of morpholine rings is 1. The maximum Gasteiger partial charge on any atom is 0.434 e. The van der Waals surface area contributed by atoms with Crippen molar-refractivity contribution in [2.45, 2.75) is 50.3 Å². The van der Waals surface area contributed by atoms with E-state index >= 15 is 0 Å². The quantitative estimate of drug-likeness (QED) is 0.0863. The molecule has 0 aliphatic carbocycles. The van der Waals surface area contributed by atoms with Gasteiger partial charge in [0.05, 0.1) is 94.3 Å². The molecule has 28 nitrogen and oxygen atoms in total. The molecule has 18 rings (SSSR count). The molecule has 0 unspecified atom stereocenters. The highest BCUT2D eigenvalue weighted by Gasteiger charge is 2.46. The molecular formula is C79H68F12N24O4. The second kappa shape index (κ2) is 30.7. The van der Waals surface area contributed by atoms with Crippen LogP contribution < -0.4 is 31.8 Å². The summed E-state index contributed by atoms with van der Waals surface area (Å²) in [6.07, 6.45) is -2.12. The summed E-state index contributed by atoms with van der Waals surface area (Å²) in [5, 5.41) is 0. The topological polar surface area (TPSA) is 269 Å². The highest BCUT2D eigenvalue weighted by Crippen LogP contribution is 2.39. The van der Waals surface area contributed by atoms with Crippen LogP contribution in [0.15, 0.2) is 179 Å². The van der Waals surface area contributed by atoms with E-state index in [1.54, 1.807) is 148 Å². The van der Waals surface area contributed by atoms with Crippen LogP contribution in [0.1, 0.15) is 33.8 Å². The van der Waals surface area contributed by atoms with Crippen LogP contribution in [-0.4, -0.2) is 165 Å². The third-order valence-electron chi connectivity index (χ3n) is 20.5. The molecule has 3 saturated heterocycles. The van der Waals surface area contributed by atoms with Gasteiger partial charge in [0.25, 0.3) is 5.92 Å². The predicted octanol–water partition coefficient (Wildman–Crippen LogP) is 11.4. The number of alkyl halides is 12. The van der Waals surface area contributed by atoms with E-state index in [0.29, 0.717) is 116 Å². The molecule has 0 bridgehead atoms. The average Bonchev–Trinajstić information content (AvgIpc) is 1.67. The van der Waals surface area contributed by atoms with Gasteiger partial charge in [-0.1, -0.05) is 72.8 Å². The van der Waals surface area contributed by atoms with Crippen molar-refractivity contribution in [3.8, 4) is 68.3 Å². The summed E-state index contributed by atoms with van der Waals surface area (Å²) in [6, 6.07) is 31.0. The Morgan fingerprint density at radius 2 is 0.706 bits per heavy atom. The van der Waals surface area contributed by atoms with E-state index in [-0.39, 0.29) is 73.1 Å². The molecule has 119 heavy (non-hydrogen) atoms. The van der Waals surface area contributed by atoms with Crippen molar-refractivity contribution in [3.63, 3.8) is 0 Å². The number of aromatic nitrogens is 21. The number of aryl methyl sites for hydroxylation is 6. The minimum Gasteiger partial charge on any atom is -0.378 e. The van der Waals surface area contributed by atoms with Gasteiger partial charge in [0.1, 0.15) is 57.6 Å². The van der Waals surface area contributed by atoms with Gasteiger partial charge in [-0.05, 0) is 53.1 Å². The van der Waals surface area contributed by atoms with Crippen molar-refractivity contribution in [2.75, 3.05) is 67.2 Å². The lowest BCUT2D eigenvalue weighted by molar-refractivity contribution is -0.141. The fourth-order valence-corrected chi connectivity index (χ4v) is 14.3. The number of halogens is 12. The highest BCUT2D eigenvalue weighted by atomic mass is 19.4. The Morgan fingerprint density at radius 3 is 0.992 bits per heavy atom. The molecule has 3 aliphatic heterocycles. The van der Waals surface area contributed by atoms with E-state index in [1.165, 1.54) is 75.0 Å². The lowest BCUT2D eigenvalue weighted by Gasteiger charge is -2.40. The normalized spacial score (nSPS) is 14.5. The van der Waals surface area contributed by atoms with Crippen molar-refractivity contribution in [1.29, 1.82) is 0 Å². The Morgan fingerprint density at radius 1 is 0.403 bits per heavy atom. The predicted molar refractivity (Wildman–Crippen MR) is 414 cm³/mol. The zero-order chi connectivity index (χ0) is 83.9. The van der Waals surface area contributed by atoms with Crippen LogP contribution in [0.4, 0.5) is 70.1 Å². The van der Waals surface area contributed by atoms with Gasteiger partial charge in [-0.15, -0.1) is 0 Å². The monoisotopic (exact) mass is 1640 g/mol. The van der Waals surface area contributed by atoms with Gasteiger partial charge in [-0.3, -0.25) is 27.4 Å². The smallest absolute Gasteiger partial charge is 0.378 e. The van der Waals surface area contributed by atoms with Gasteiger partial charge >= 0.3 is 35.6 Å². The summed E-state index contributed by atoms with van der Waals surface area (Å²) >= 11 is 0. The average molecular weight is 1650 g/mol. The SMILES string of the molecule is Cn1cc(C(F)(F)F)nc1-c1ccc(Cn2c(=O)n(C)c3cnc(-c4cccnc4N4CC(F)(F)C4)nc32)cc1.Cn1cc(C(F)(F)F)nc1-c1ccc(Cn2c(=O)n(C)c3cnc(-c4cccnc4N4CC(F)C4)nc32)cc1.Cn1cc(C(F)(F)F)nc1-c1ccc(Cn2c(=O)n(C)c3cnc(-c4cccnc4N4CCOCC4)nc32)cc1. The number of nitrogens with zero attached hydrogens (tertiary/aromatic N) is 24.